The van der Waals surface area contributed by atoms with Crippen molar-refractivity contribution in [1.82, 2.24) is 4.90 Å². The zero-order valence-corrected chi connectivity index (χ0v) is 25.8. The highest BCUT2D eigenvalue weighted by Gasteiger charge is 2.54. The Hall–Kier alpha value is -1.72. The van der Waals surface area contributed by atoms with Crippen molar-refractivity contribution in [3.05, 3.63) is 75.9 Å². The van der Waals surface area contributed by atoms with Crippen LogP contribution in [0.15, 0.2) is 75.9 Å². The van der Waals surface area contributed by atoms with Crippen molar-refractivity contribution in [2.75, 3.05) is 19.8 Å². The fourth-order valence-electron chi connectivity index (χ4n) is 7.09. The minimum Gasteiger partial charge on any atom is -0.396 e. The molecule has 0 aliphatic heterocycles. The summed E-state index contributed by atoms with van der Waals surface area (Å²) in [6.45, 7) is 26.1. The van der Waals surface area contributed by atoms with Crippen molar-refractivity contribution in [1.29, 1.82) is 0 Å². The van der Waals surface area contributed by atoms with Crippen molar-refractivity contribution in [3.63, 3.8) is 0 Å². The molecular weight excluding hydrogens is 494 g/mol. The molecular formula is C36H63NO3. The summed E-state index contributed by atoms with van der Waals surface area (Å²) in [6, 6.07) is 0. The molecule has 0 heterocycles. The van der Waals surface area contributed by atoms with E-state index in [0.717, 1.165) is 116 Å². The van der Waals surface area contributed by atoms with Gasteiger partial charge in [0.1, 0.15) is 0 Å². The van der Waals surface area contributed by atoms with Crippen LogP contribution in [0.5, 0.6) is 0 Å². The molecule has 0 rings (SSSR count). The van der Waals surface area contributed by atoms with Gasteiger partial charge < -0.3 is 15.3 Å². The molecule has 0 aliphatic rings. The number of hydrogen-bond donors (Lipinski definition) is 3. The Kier molecular flexibility index (Phi) is 21.9. The third-order valence-electron chi connectivity index (χ3n) is 8.47. The lowest BCUT2D eigenvalue weighted by molar-refractivity contribution is -0.118. The van der Waals surface area contributed by atoms with Crippen molar-refractivity contribution in [2.45, 2.75) is 132 Å². The summed E-state index contributed by atoms with van der Waals surface area (Å²) >= 11 is 0. The van der Waals surface area contributed by atoms with Crippen LogP contribution in [0.4, 0.5) is 0 Å². The van der Waals surface area contributed by atoms with Gasteiger partial charge in [0.15, 0.2) is 0 Å². The summed E-state index contributed by atoms with van der Waals surface area (Å²) in [6.07, 6.45) is 28.5. The molecule has 0 radical (unpaired) electrons. The van der Waals surface area contributed by atoms with Crippen molar-refractivity contribution in [2.24, 2.45) is 0 Å². The molecule has 0 fully saturated rings. The van der Waals surface area contributed by atoms with Gasteiger partial charge in [-0.3, -0.25) is 4.90 Å². The van der Waals surface area contributed by atoms with E-state index in [1.54, 1.807) is 0 Å². The first-order valence-electron chi connectivity index (χ1n) is 15.7. The lowest BCUT2D eigenvalue weighted by atomic mass is 9.68. The Morgan fingerprint density at radius 1 is 0.375 bits per heavy atom. The quantitative estimate of drug-likeness (QED) is 0.0611. The molecule has 0 atom stereocenters. The molecule has 0 aliphatic carbocycles. The van der Waals surface area contributed by atoms with E-state index in [0.29, 0.717) is 0 Å². The Balaban J connectivity index is 7.51. The van der Waals surface area contributed by atoms with Crippen LogP contribution >= 0.6 is 0 Å². The van der Waals surface area contributed by atoms with E-state index in [4.69, 9.17) is 0 Å². The second-order valence-corrected chi connectivity index (χ2v) is 11.6. The third kappa shape index (κ3) is 12.0. The van der Waals surface area contributed by atoms with E-state index >= 15 is 0 Å². The van der Waals surface area contributed by atoms with Gasteiger partial charge in [-0.05, 0) is 77.0 Å². The van der Waals surface area contributed by atoms with Gasteiger partial charge in [0.25, 0.3) is 0 Å². The molecule has 0 amide bonds. The fraction of sp³-hybridized carbons (Fsp3) is 0.667. The normalized spacial score (nSPS) is 12.3. The average Bonchev–Trinajstić information content (AvgIpc) is 2.93. The maximum atomic E-state index is 9.51. The minimum absolute atomic E-state index is 0.211. The van der Waals surface area contributed by atoms with E-state index in [-0.39, 0.29) is 36.4 Å². The molecule has 0 bridgehead atoms. The summed E-state index contributed by atoms with van der Waals surface area (Å²) in [4.78, 5) is 2.86. The number of rotatable bonds is 30. The second-order valence-electron chi connectivity index (χ2n) is 11.6. The molecule has 0 spiro atoms. The van der Waals surface area contributed by atoms with Crippen LogP contribution in [-0.2, 0) is 0 Å². The van der Waals surface area contributed by atoms with E-state index in [1.807, 2.05) is 0 Å². The van der Waals surface area contributed by atoms with Crippen molar-refractivity contribution in [3.8, 4) is 0 Å². The Bertz CT molecular complexity index is 588. The lowest BCUT2D eigenvalue weighted by Gasteiger charge is -2.63. The first-order valence-corrected chi connectivity index (χ1v) is 15.7. The van der Waals surface area contributed by atoms with Gasteiger partial charge in [-0.25, -0.2) is 0 Å². The van der Waals surface area contributed by atoms with Crippen LogP contribution in [0, 0.1) is 0 Å². The number of aliphatic hydroxyl groups is 3. The predicted molar refractivity (Wildman–Crippen MR) is 176 cm³/mol. The third-order valence-corrected chi connectivity index (χ3v) is 8.47. The molecule has 4 heteroatoms. The topological polar surface area (TPSA) is 63.9 Å². The van der Waals surface area contributed by atoms with E-state index in [1.165, 1.54) is 0 Å². The summed E-state index contributed by atoms with van der Waals surface area (Å²) in [5.74, 6) is 0. The van der Waals surface area contributed by atoms with Crippen LogP contribution < -0.4 is 0 Å². The highest BCUT2D eigenvalue weighted by atomic mass is 16.3. The fourth-order valence-corrected chi connectivity index (χ4v) is 7.09. The van der Waals surface area contributed by atoms with Gasteiger partial charge in [0.2, 0.25) is 0 Å². The lowest BCUT2D eigenvalue weighted by Crippen LogP contribution is -2.69. The van der Waals surface area contributed by atoms with E-state index in [2.05, 4.69) is 80.8 Å². The van der Waals surface area contributed by atoms with Crippen LogP contribution in [-0.4, -0.2) is 56.7 Å². The first kappa shape index (κ1) is 38.3. The predicted octanol–water partition coefficient (Wildman–Crippen LogP) is 8.62. The molecule has 0 aromatic heterocycles. The number of nitrogens with zero attached hydrogens (tertiary/aromatic N) is 1. The summed E-state index contributed by atoms with van der Waals surface area (Å²) in [5.41, 5.74) is -0.735. The highest BCUT2D eigenvalue weighted by molar-refractivity contribution is 5.17. The molecule has 0 saturated carbocycles. The molecule has 0 aromatic carbocycles. The summed E-state index contributed by atoms with van der Waals surface area (Å²) < 4.78 is 0. The van der Waals surface area contributed by atoms with Gasteiger partial charge in [0.05, 0.1) is 0 Å². The summed E-state index contributed by atoms with van der Waals surface area (Å²) in [5, 5.41) is 28.5. The van der Waals surface area contributed by atoms with E-state index in [9.17, 15) is 15.3 Å². The van der Waals surface area contributed by atoms with E-state index < -0.39 is 0 Å². The Morgan fingerprint density at radius 3 is 0.775 bits per heavy atom. The molecule has 40 heavy (non-hydrogen) atoms. The molecule has 3 N–H and O–H groups in total. The SMILES string of the molecule is C=CCC(CC=C)(CCCCCO)N(C(CC=C)(CC=C)CCCCCO)C(CC=C)(CC=C)CCCCCO. The van der Waals surface area contributed by atoms with Crippen LogP contribution in [0.3, 0.4) is 0 Å². The summed E-state index contributed by atoms with van der Waals surface area (Å²) in [7, 11) is 0. The van der Waals surface area contributed by atoms with Crippen LogP contribution in [0.1, 0.15) is 116 Å². The van der Waals surface area contributed by atoms with Crippen LogP contribution in [0.2, 0.25) is 0 Å². The number of hydrogen-bond acceptors (Lipinski definition) is 4. The zero-order valence-electron chi connectivity index (χ0n) is 25.8. The monoisotopic (exact) mass is 557 g/mol. The maximum Gasteiger partial charge on any atom is 0.0431 e. The first-order chi connectivity index (χ1) is 19.4. The minimum atomic E-state index is -0.245. The highest BCUT2D eigenvalue weighted by Crippen LogP contribution is 2.51. The Labute approximate surface area is 248 Å². The molecule has 0 aromatic rings. The smallest absolute Gasteiger partial charge is 0.0431 e. The van der Waals surface area contributed by atoms with Gasteiger partial charge >= 0.3 is 0 Å². The largest absolute Gasteiger partial charge is 0.396 e. The standard InChI is InChI=1S/C36H63NO3/c1-7-22-34(23-8-2,28-16-13-19-31-38)37(35(24-9-3,25-10-4)29-17-14-20-32-39)36(26-11-5,27-12-6)30-18-15-21-33-40/h7-12,38-40H,1-6,13-33H2. The maximum absolute atomic E-state index is 9.51. The van der Waals surface area contributed by atoms with Gasteiger partial charge in [-0.15, -0.1) is 39.5 Å². The Morgan fingerprint density at radius 2 is 0.600 bits per heavy atom. The van der Waals surface area contributed by atoms with Gasteiger partial charge in [0, 0.05) is 36.4 Å². The van der Waals surface area contributed by atoms with Crippen LogP contribution in [0.25, 0.3) is 0 Å². The number of aliphatic hydroxyl groups excluding tert-OH is 3. The molecule has 0 saturated heterocycles. The number of unbranched alkanes of at least 4 members (excludes halogenated alkanes) is 6. The average molecular weight is 558 g/mol. The second kappa shape index (κ2) is 22.9. The van der Waals surface area contributed by atoms with Crippen molar-refractivity contribution >= 4 is 0 Å². The molecule has 230 valence electrons. The van der Waals surface area contributed by atoms with Gasteiger partial charge in [-0.2, -0.15) is 0 Å². The molecule has 0 unspecified atom stereocenters. The van der Waals surface area contributed by atoms with Crippen molar-refractivity contribution < 1.29 is 15.3 Å². The van der Waals surface area contributed by atoms with Gasteiger partial charge in [-0.1, -0.05) is 75.0 Å². The zero-order chi connectivity index (χ0) is 30.2. The molecule has 4 nitrogen and oxygen atoms in total.